The van der Waals surface area contributed by atoms with Gasteiger partial charge in [-0.2, -0.15) is 5.10 Å². The number of methoxy groups -OCH3 is 1. The van der Waals surface area contributed by atoms with Gasteiger partial charge in [0.2, 0.25) is 0 Å². The maximum Gasteiger partial charge on any atom is 0.253 e. The highest BCUT2D eigenvalue weighted by molar-refractivity contribution is 8.23. The number of benzene rings is 1. The predicted octanol–water partition coefficient (Wildman–Crippen LogP) is 4.55. The Kier molecular flexibility index (Phi) is 6.52. The average molecular weight is 446 g/mol. The first-order valence-corrected chi connectivity index (χ1v) is 11.9. The summed E-state index contributed by atoms with van der Waals surface area (Å²) in [5, 5.41) is 8.40. The van der Waals surface area contributed by atoms with Gasteiger partial charge in [0.1, 0.15) is 10.1 Å². The lowest BCUT2D eigenvalue weighted by molar-refractivity contribution is -0.130. The normalized spacial score (nSPS) is 18.8. The van der Waals surface area contributed by atoms with E-state index < -0.39 is 0 Å². The number of thiocarbonyl (C=S) groups is 1. The van der Waals surface area contributed by atoms with Gasteiger partial charge in [0.05, 0.1) is 29.5 Å². The molecule has 1 amide bonds. The molecule has 1 aromatic heterocycles. The molecule has 2 aromatic rings. The minimum absolute atomic E-state index is 0.0103. The summed E-state index contributed by atoms with van der Waals surface area (Å²) in [6.07, 6.45) is 3.06. The first kappa shape index (κ1) is 20.4. The largest absolute Gasteiger partial charge is 0.497 e. The summed E-state index contributed by atoms with van der Waals surface area (Å²) in [7, 11) is 1.65. The second kappa shape index (κ2) is 9.28. The maximum absolute atomic E-state index is 13.1. The number of amides is 1. The Morgan fingerprint density at radius 2 is 2.03 bits per heavy atom. The molecule has 0 spiro atoms. The van der Waals surface area contributed by atoms with E-state index in [4.69, 9.17) is 22.1 Å². The lowest BCUT2D eigenvalue weighted by Gasteiger charge is -2.23. The minimum atomic E-state index is -0.105. The highest BCUT2D eigenvalue weighted by Crippen LogP contribution is 2.35. The van der Waals surface area contributed by atoms with E-state index in [0.717, 1.165) is 39.3 Å². The number of hydrogen-bond donors (Lipinski definition) is 0. The Hall–Kier alpha value is -1.90. The van der Waals surface area contributed by atoms with Crippen LogP contribution in [0.1, 0.15) is 35.7 Å². The number of nitrogens with zero attached hydrogens (tertiary/aromatic N) is 3. The smallest absolute Gasteiger partial charge is 0.253 e. The molecule has 0 aliphatic carbocycles. The lowest BCUT2D eigenvalue weighted by Crippen LogP contribution is -2.30. The van der Waals surface area contributed by atoms with E-state index in [1.165, 1.54) is 24.6 Å². The number of rotatable bonds is 5. The van der Waals surface area contributed by atoms with Crippen molar-refractivity contribution in [2.45, 2.75) is 25.3 Å². The van der Waals surface area contributed by atoms with Gasteiger partial charge in [0.15, 0.2) is 0 Å². The van der Waals surface area contributed by atoms with Gasteiger partial charge in [-0.3, -0.25) is 4.79 Å². The third kappa shape index (κ3) is 4.65. The zero-order valence-corrected chi connectivity index (χ0v) is 18.7. The standard InChI is InChI=1S/C21H23N3O2S3/c1-26-16-8-6-15(7-9-16)18-13-17(19-5-4-12-28-19)22-24(18)20(25)14-29-21(27)23-10-2-3-11-23/h4-9,12,18H,2-3,10-11,13-14H2,1H3/t18-/m1/s1. The van der Waals surface area contributed by atoms with Gasteiger partial charge >= 0.3 is 0 Å². The molecule has 29 heavy (non-hydrogen) atoms. The van der Waals surface area contributed by atoms with Gasteiger partial charge < -0.3 is 9.64 Å². The van der Waals surface area contributed by atoms with Crippen molar-refractivity contribution in [2.24, 2.45) is 5.10 Å². The number of hydrazone groups is 1. The van der Waals surface area contributed by atoms with Crippen LogP contribution < -0.4 is 4.74 Å². The number of carbonyl (C=O) groups excluding carboxylic acids is 1. The molecule has 0 unspecified atom stereocenters. The summed E-state index contributed by atoms with van der Waals surface area (Å²) in [5.41, 5.74) is 2.02. The van der Waals surface area contributed by atoms with E-state index in [0.29, 0.717) is 12.2 Å². The van der Waals surface area contributed by atoms with Crippen molar-refractivity contribution < 1.29 is 9.53 Å². The van der Waals surface area contributed by atoms with Gasteiger partial charge in [-0.25, -0.2) is 5.01 Å². The van der Waals surface area contributed by atoms with Gasteiger partial charge in [-0.1, -0.05) is 42.2 Å². The van der Waals surface area contributed by atoms with E-state index in [1.54, 1.807) is 23.5 Å². The fraction of sp³-hybridized carbons (Fsp3) is 0.381. The summed E-state index contributed by atoms with van der Waals surface area (Å²) in [6, 6.07) is 11.8. The van der Waals surface area contributed by atoms with Gasteiger partial charge in [-0.15, -0.1) is 11.3 Å². The average Bonchev–Trinajstić information content (AvgIpc) is 3.52. The van der Waals surface area contributed by atoms with Crippen LogP contribution in [0.2, 0.25) is 0 Å². The summed E-state index contributed by atoms with van der Waals surface area (Å²) in [4.78, 5) is 16.4. The van der Waals surface area contributed by atoms with Crippen molar-refractivity contribution in [3.05, 3.63) is 52.2 Å². The van der Waals surface area contributed by atoms with Crippen LogP contribution >= 0.6 is 35.3 Å². The monoisotopic (exact) mass is 445 g/mol. The van der Waals surface area contributed by atoms with Crippen LogP contribution in [0.4, 0.5) is 0 Å². The number of thiophene rings is 1. The number of carbonyl (C=O) groups is 1. The summed E-state index contributed by atoms with van der Waals surface area (Å²) in [6.45, 7) is 2.00. The fourth-order valence-corrected chi connectivity index (χ4v) is 5.42. The van der Waals surface area contributed by atoms with Crippen molar-refractivity contribution in [1.29, 1.82) is 0 Å². The van der Waals surface area contributed by atoms with Crippen molar-refractivity contribution in [3.8, 4) is 5.75 Å². The molecule has 8 heteroatoms. The fourth-order valence-electron chi connectivity index (χ4n) is 3.60. The van der Waals surface area contributed by atoms with Crippen LogP contribution in [0, 0.1) is 0 Å². The van der Waals surface area contributed by atoms with Crippen molar-refractivity contribution in [1.82, 2.24) is 9.91 Å². The molecule has 5 nitrogen and oxygen atoms in total. The highest BCUT2D eigenvalue weighted by Gasteiger charge is 2.33. The van der Waals surface area contributed by atoms with Crippen molar-refractivity contribution in [3.63, 3.8) is 0 Å². The third-order valence-corrected chi connectivity index (χ3v) is 7.58. The van der Waals surface area contributed by atoms with Crippen molar-refractivity contribution in [2.75, 3.05) is 26.0 Å². The number of ether oxygens (including phenoxy) is 1. The molecule has 0 bridgehead atoms. The Balaban J connectivity index is 1.50. The number of hydrogen-bond acceptors (Lipinski definition) is 6. The van der Waals surface area contributed by atoms with Crippen LogP contribution in [0.5, 0.6) is 5.75 Å². The van der Waals surface area contributed by atoms with Crippen LogP contribution in [-0.2, 0) is 4.79 Å². The van der Waals surface area contributed by atoms with Crippen LogP contribution in [0.3, 0.4) is 0 Å². The summed E-state index contributed by atoms with van der Waals surface area (Å²) < 4.78 is 6.09. The molecule has 0 N–H and O–H groups in total. The summed E-state index contributed by atoms with van der Waals surface area (Å²) in [5.74, 6) is 1.10. The van der Waals surface area contributed by atoms with Gasteiger partial charge in [0, 0.05) is 19.5 Å². The molecule has 3 heterocycles. The molecule has 2 aliphatic heterocycles. The molecule has 1 fully saturated rings. The minimum Gasteiger partial charge on any atom is -0.497 e. The van der Waals surface area contributed by atoms with Crippen molar-refractivity contribution >= 4 is 51.3 Å². The molecular weight excluding hydrogens is 422 g/mol. The lowest BCUT2D eigenvalue weighted by atomic mass is 10.0. The Bertz CT molecular complexity index is 890. The first-order chi connectivity index (χ1) is 14.2. The Morgan fingerprint density at radius 3 is 2.69 bits per heavy atom. The highest BCUT2D eigenvalue weighted by atomic mass is 32.2. The van der Waals surface area contributed by atoms with Gasteiger partial charge in [-0.05, 0) is 42.0 Å². The zero-order valence-electron chi connectivity index (χ0n) is 16.2. The molecule has 0 radical (unpaired) electrons. The molecular formula is C21H23N3O2S3. The van der Waals surface area contributed by atoms with E-state index in [2.05, 4.69) is 11.0 Å². The van der Waals surface area contributed by atoms with E-state index in [9.17, 15) is 4.79 Å². The molecule has 4 rings (SSSR count). The zero-order chi connectivity index (χ0) is 20.2. The van der Waals surface area contributed by atoms with E-state index in [1.807, 2.05) is 35.7 Å². The quantitative estimate of drug-likeness (QED) is 0.632. The van der Waals surface area contributed by atoms with Gasteiger partial charge in [0.25, 0.3) is 5.91 Å². The summed E-state index contributed by atoms with van der Waals surface area (Å²) >= 11 is 8.62. The molecule has 1 saturated heterocycles. The van der Waals surface area contributed by atoms with Crippen LogP contribution in [-0.4, -0.2) is 51.8 Å². The third-order valence-electron chi connectivity index (χ3n) is 5.16. The molecule has 0 saturated carbocycles. The predicted molar refractivity (Wildman–Crippen MR) is 124 cm³/mol. The van der Waals surface area contributed by atoms with E-state index in [-0.39, 0.29) is 11.9 Å². The SMILES string of the molecule is COc1ccc([C@H]2CC(c3cccs3)=NN2C(=O)CSC(=S)N2CCCC2)cc1. The van der Waals surface area contributed by atoms with E-state index >= 15 is 0 Å². The molecule has 1 atom stereocenters. The molecule has 152 valence electrons. The Morgan fingerprint density at radius 1 is 1.28 bits per heavy atom. The van der Waals surface area contributed by atoms with Crippen LogP contribution in [0.15, 0.2) is 46.9 Å². The second-order valence-corrected chi connectivity index (χ2v) is 9.56. The first-order valence-electron chi connectivity index (χ1n) is 9.65. The second-order valence-electron chi connectivity index (χ2n) is 7.00. The number of thioether (sulfide) groups is 1. The Labute approximate surface area is 184 Å². The molecule has 2 aliphatic rings. The molecule has 1 aromatic carbocycles. The topological polar surface area (TPSA) is 45.1 Å². The van der Waals surface area contributed by atoms with Crippen LogP contribution in [0.25, 0.3) is 0 Å². The maximum atomic E-state index is 13.1. The number of likely N-dealkylation sites (tertiary alicyclic amines) is 1.